The van der Waals surface area contributed by atoms with E-state index in [1.807, 2.05) is 0 Å². The monoisotopic (exact) mass is 221 g/mol. The first-order valence-corrected chi connectivity index (χ1v) is 4.15. The molecule has 0 heterocycles. The van der Waals surface area contributed by atoms with Crippen LogP contribution in [0.15, 0.2) is 18.1 Å². The van der Waals surface area contributed by atoms with Gasteiger partial charge in [-0.25, -0.2) is 8.78 Å². The quantitative estimate of drug-likeness (QED) is 0.527. The molecule has 1 aromatic carbocycles. The Labute approximate surface area is 83.5 Å². The van der Waals surface area contributed by atoms with Gasteiger partial charge in [-0.3, -0.25) is 0 Å². The van der Waals surface area contributed by atoms with Crippen LogP contribution in [0.5, 0.6) is 0 Å². The van der Waals surface area contributed by atoms with Crippen molar-refractivity contribution in [1.82, 2.24) is 0 Å². The summed E-state index contributed by atoms with van der Waals surface area (Å²) in [6, 6.07) is 1.90. The zero-order chi connectivity index (χ0) is 11.6. The van der Waals surface area contributed by atoms with Crippen molar-refractivity contribution in [3.63, 3.8) is 0 Å². The van der Waals surface area contributed by atoms with E-state index in [1.54, 1.807) is 0 Å². The molecule has 1 aromatic rings. The highest BCUT2D eigenvalue weighted by molar-refractivity contribution is 6.64. The minimum Gasteiger partial charge on any atom is -0.445 e. The molecule has 0 atom stereocenters. The van der Waals surface area contributed by atoms with Crippen LogP contribution in [0, 0.1) is 18.6 Å². The highest BCUT2D eigenvalue weighted by Crippen LogP contribution is 2.19. The Morgan fingerprint density at radius 2 is 1.73 bits per heavy atom. The van der Waals surface area contributed by atoms with E-state index in [1.165, 1.54) is 6.92 Å². The highest BCUT2D eigenvalue weighted by atomic mass is 19.4. The Morgan fingerprint density at radius 3 is 2.27 bits per heavy atom. The molecule has 0 aromatic heterocycles. The summed E-state index contributed by atoms with van der Waals surface area (Å²) in [5.41, 5.74) is -0.112. The first kappa shape index (κ1) is 11.7. The van der Waals surface area contributed by atoms with Crippen molar-refractivity contribution in [3.8, 4) is 0 Å². The molecule has 0 saturated heterocycles. The third kappa shape index (κ3) is 3.07. The van der Waals surface area contributed by atoms with Crippen LogP contribution in [-0.2, 0) is 0 Å². The van der Waals surface area contributed by atoms with E-state index in [-0.39, 0.29) is 17.1 Å². The maximum atomic E-state index is 12.9. The predicted molar refractivity (Wildman–Crippen MR) is 49.2 cm³/mol. The van der Waals surface area contributed by atoms with E-state index in [0.717, 1.165) is 18.2 Å². The van der Waals surface area contributed by atoms with Gasteiger partial charge in [-0.2, -0.15) is 0 Å². The first-order chi connectivity index (χ1) is 6.81. The van der Waals surface area contributed by atoms with Crippen molar-refractivity contribution in [2.75, 3.05) is 0 Å². The fourth-order valence-corrected chi connectivity index (χ4v) is 1.06. The molecular formula is C9H7BF5-. The van der Waals surface area contributed by atoms with Crippen LogP contribution in [0.25, 0.3) is 6.08 Å². The summed E-state index contributed by atoms with van der Waals surface area (Å²) < 4.78 is 61.1. The Balaban J connectivity index is 3.08. The molecule has 82 valence electrons. The van der Waals surface area contributed by atoms with Crippen LogP contribution in [0.4, 0.5) is 21.7 Å². The lowest BCUT2D eigenvalue weighted by atomic mass is 9.90. The molecule has 6 heteroatoms. The van der Waals surface area contributed by atoms with Gasteiger partial charge in [-0.05, 0) is 24.1 Å². The standard InChI is InChI=1S/C9H7BF5/c1-6-7(4-5-10(13,14)15)2-3-8(11)9(6)12/h2-5H,1H3/q-1/b5-4+. The van der Waals surface area contributed by atoms with Gasteiger partial charge in [0.1, 0.15) is 0 Å². The van der Waals surface area contributed by atoms with Crippen molar-refractivity contribution in [3.05, 3.63) is 40.9 Å². The molecule has 0 nitrogen and oxygen atoms in total. The van der Waals surface area contributed by atoms with Crippen molar-refractivity contribution >= 4 is 13.1 Å². The zero-order valence-corrected chi connectivity index (χ0v) is 7.78. The van der Waals surface area contributed by atoms with Gasteiger partial charge < -0.3 is 12.9 Å². The maximum absolute atomic E-state index is 12.9. The molecule has 0 saturated carbocycles. The molecule has 0 radical (unpaired) electrons. The molecular weight excluding hydrogens is 214 g/mol. The molecule has 15 heavy (non-hydrogen) atoms. The van der Waals surface area contributed by atoms with Gasteiger partial charge in [0.25, 0.3) is 0 Å². The average Bonchev–Trinajstić information content (AvgIpc) is 2.12. The fourth-order valence-electron chi connectivity index (χ4n) is 1.06. The van der Waals surface area contributed by atoms with Gasteiger partial charge >= 0.3 is 6.98 Å². The van der Waals surface area contributed by atoms with Crippen molar-refractivity contribution in [1.29, 1.82) is 0 Å². The lowest BCUT2D eigenvalue weighted by Crippen LogP contribution is -2.09. The second-order valence-corrected chi connectivity index (χ2v) is 3.06. The first-order valence-electron chi connectivity index (χ1n) is 4.15. The smallest absolute Gasteiger partial charge is 0.445 e. The van der Waals surface area contributed by atoms with E-state index < -0.39 is 18.6 Å². The van der Waals surface area contributed by atoms with E-state index in [2.05, 4.69) is 0 Å². The molecule has 0 spiro atoms. The topological polar surface area (TPSA) is 0 Å². The Hall–Kier alpha value is -1.33. The van der Waals surface area contributed by atoms with Gasteiger partial charge in [-0.15, -0.1) is 5.98 Å². The number of hydrogen-bond acceptors (Lipinski definition) is 0. The number of hydrogen-bond donors (Lipinski definition) is 0. The third-order valence-electron chi connectivity index (χ3n) is 1.88. The zero-order valence-electron chi connectivity index (χ0n) is 7.78. The van der Waals surface area contributed by atoms with Gasteiger partial charge in [-0.1, -0.05) is 12.1 Å². The van der Waals surface area contributed by atoms with Crippen LogP contribution in [0.2, 0.25) is 0 Å². The summed E-state index contributed by atoms with van der Waals surface area (Å²) in [6.45, 7) is -3.84. The molecule has 0 unspecified atom stereocenters. The van der Waals surface area contributed by atoms with Crippen LogP contribution >= 0.6 is 0 Å². The van der Waals surface area contributed by atoms with Crippen LogP contribution < -0.4 is 0 Å². The van der Waals surface area contributed by atoms with Crippen molar-refractivity contribution < 1.29 is 21.7 Å². The molecule has 0 fully saturated rings. The van der Waals surface area contributed by atoms with E-state index >= 15 is 0 Å². The van der Waals surface area contributed by atoms with Gasteiger partial charge in [0.2, 0.25) is 0 Å². The minimum absolute atomic E-state index is 0.0214. The summed E-state index contributed by atoms with van der Waals surface area (Å²) in [4.78, 5) is 0. The second kappa shape index (κ2) is 4.04. The van der Waals surface area contributed by atoms with Crippen molar-refractivity contribution in [2.45, 2.75) is 6.92 Å². The minimum atomic E-state index is -5.06. The fraction of sp³-hybridized carbons (Fsp3) is 0.111. The van der Waals surface area contributed by atoms with E-state index in [0.29, 0.717) is 0 Å². The number of halogens is 5. The van der Waals surface area contributed by atoms with Crippen LogP contribution in [-0.4, -0.2) is 6.98 Å². The van der Waals surface area contributed by atoms with Gasteiger partial charge in [0.15, 0.2) is 11.6 Å². The summed E-state index contributed by atoms with van der Waals surface area (Å²) in [6.07, 6.45) is 0.734. The Morgan fingerprint density at radius 1 is 1.13 bits per heavy atom. The van der Waals surface area contributed by atoms with Gasteiger partial charge in [0.05, 0.1) is 0 Å². The van der Waals surface area contributed by atoms with E-state index in [9.17, 15) is 21.7 Å². The van der Waals surface area contributed by atoms with E-state index in [4.69, 9.17) is 0 Å². The molecule has 0 amide bonds. The number of benzene rings is 1. The number of rotatable bonds is 2. The summed E-state index contributed by atoms with van der Waals surface area (Å²) in [7, 11) is 0. The molecule has 0 aliphatic heterocycles. The lowest BCUT2D eigenvalue weighted by molar-refractivity contribution is 0.499. The largest absolute Gasteiger partial charge is 0.502 e. The van der Waals surface area contributed by atoms with Gasteiger partial charge in [0, 0.05) is 0 Å². The molecule has 0 aliphatic rings. The highest BCUT2D eigenvalue weighted by Gasteiger charge is 2.17. The second-order valence-electron chi connectivity index (χ2n) is 3.06. The Kier molecular flexibility index (Phi) is 3.17. The average molecular weight is 221 g/mol. The SMILES string of the molecule is Cc1c(/C=C/[B-](F)(F)F)ccc(F)c1F. The summed E-state index contributed by atoms with van der Waals surface area (Å²) >= 11 is 0. The molecule has 0 bridgehead atoms. The third-order valence-corrected chi connectivity index (χ3v) is 1.88. The summed E-state index contributed by atoms with van der Waals surface area (Å²) in [5, 5.41) is 0. The maximum Gasteiger partial charge on any atom is 0.502 e. The van der Waals surface area contributed by atoms with Crippen LogP contribution in [0.3, 0.4) is 0 Å². The van der Waals surface area contributed by atoms with Crippen molar-refractivity contribution in [2.24, 2.45) is 0 Å². The normalized spacial score (nSPS) is 12.4. The molecule has 0 aliphatic carbocycles. The van der Waals surface area contributed by atoms with Crippen LogP contribution in [0.1, 0.15) is 11.1 Å². The Bertz CT molecular complexity index is 394. The lowest BCUT2D eigenvalue weighted by Gasteiger charge is -2.08. The molecule has 0 N–H and O–H groups in total. The molecule has 1 rings (SSSR count). The summed E-state index contributed by atoms with van der Waals surface area (Å²) in [5.74, 6) is -2.14. The predicted octanol–water partition coefficient (Wildman–Crippen LogP) is 3.67.